The van der Waals surface area contributed by atoms with Crippen molar-refractivity contribution in [3.8, 4) is 5.82 Å². The second kappa shape index (κ2) is 6.63. The molecule has 27 heavy (non-hydrogen) atoms. The normalized spacial score (nSPS) is 13.5. The average molecular weight is 374 g/mol. The van der Waals surface area contributed by atoms with Crippen LogP contribution < -0.4 is 5.32 Å². The third-order valence-electron chi connectivity index (χ3n) is 5.01. The molecule has 1 amide bonds. The predicted molar refractivity (Wildman–Crippen MR) is 108 cm³/mol. The summed E-state index contributed by atoms with van der Waals surface area (Å²) < 4.78 is 1.94. The van der Waals surface area contributed by atoms with Gasteiger partial charge in [-0.05, 0) is 55.5 Å². The molecule has 5 nitrogen and oxygen atoms in total. The highest BCUT2D eigenvalue weighted by Gasteiger charge is 2.20. The minimum Gasteiger partial charge on any atom is -0.321 e. The number of aryl methyl sites for hydroxylation is 1. The van der Waals surface area contributed by atoms with E-state index in [4.69, 9.17) is 0 Å². The van der Waals surface area contributed by atoms with Crippen LogP contribution in [0.4, 0.5) is 5.69 Å². The number of pyridine rings is 1. The molecule has 0 fully saturated rings. The van der Waals surface area contributed by atoms with Gasteiger partial charge < -0.3 is 5.32 Å². The molecule has 6 heteroatoms. The summed E-state index contributed by atoms with van der Waals surface area (Å²) in [6, 6.07) is 11.7. The smallest absolute Gasteiger partial charge is 0.256 e. The molecular formula is C21H18N4OS. The van der Waals surface area contributed by atoms with E-state index in [0.717, 1.165) is 35.3 Å². The lowest BCUT2D eigenvalue weighted by Gasteiger charge is -2.13. The number of carbonyl (C=O) groups is 1. The van der Waals surface area contributed by atoms with Crippen LogP contribution in [-0.2, 0) is 12.8 Å². The number of carbonyl (C=O) groups excluding carboxylic acids is 1. The first-order chi connectivity index (χ1) is 13.3. The largest absolute Gasteiger partial charge is 0.321 e. The number of para-hydroxylation sites is 2. The molecule has 1 aromatic carbocycles. The van der Waals surface area contributed by atoms with Crippen LogP contribution >= 0.6 is 11.3 Å². The van der Waals surface area contributed by atoms with E-state index >= 15 is 0 Å². The van der Waals surface area contributed by atoms with Crippen molar-refractivity contribution in [2.45, 2.75) is 25.7 Å². The summed E-state index contributed by atoms with van der Waals surface area (Å²) in [5, 5.41) is 4.98. The van der Waals surface area contributed by atoms with Gasteiger partial charge in [0, 0.05) is 10.3 Å². The van der Waals surface area contributed by atoms with Crippen LogP contribution in [0.1, 0.15) is 33.6 Å². The molecule has 0 saturated carbocycles. The number of nitrogens with zero attached hydrogens (tertiary/aromatic N) is 3. The molecular weight excluding hydrogens is 356 g/mol. The van der Waals surface area contributed by atoms with Crippen molar-refractivity contribution in [2.75, 3.05) is 5.32 Å². The number of nitrogens with one attached hydrogen (secondary N) is 1. The Morgan fingerprint density at radius 3 is 2.85 bits per heavy atom. The number of amides is 1. The molecule has 0 spiro atoms. The van der Waals surface area contributed by atoms with Gasteiger partial charge in [-0.25, -0.2) is 9.97 Å². The third-order valence-corrected chi connectivity index (χ3v) is 6.10. The van der Waals surface area contributed by atoms with Crippen molar-refractivity contribution < 1.29 is 4.79 Å². The van der Waals surface area contributed by atoms with Crippen molar-refractivity contribution in [3.05, 3.63) is 70.3 Å². The fraction of sp³-hybridized carbons (Fsp3) is 0.190. The quantitative estimate of drug-likeness (QED) is 0.569. The molecule has 1 aliphatic carbocycles. The van der Waals surface area contributed by atoms with Crippen LogP contribution in [0.25, 0.3) is 16.9 Å². The molecule has 0 aliphatic heterocycles. The van der Waals surface area contributed by atoms with Gasteiger partial charge >= 0.3 is 0 Å². The number of fused-ring (bicyclic) bond motifs is 2. The van der Waals surface area contributed by atoms with E-state index in [1.807, 2.05) is 46.3 Å². The lowest BCUT2D eigenvalue weighted by Crippen LogP contribution is -2.14. The standard InChI is InChI=1S/C21H18N4OS/c26-21(16-12-27-19-8-4-1-5-15(16)19)24-14-9-10-20(22-11-14)25-13-23-17-6-2-3-7-18(17)25/h2-3,6-7,9-13H,1,4-5,8H2,(H,24,26). The Morgan fingerprint density at radius 2 is 1.96 bits per heavy atom. The van der Waals surface area contributed by atoms with Gasteiger partial charge in [0.2, 0.25) is 0 Å². The Hall–Kier alpha value is -2.99. The molecule has 3 heterocycles. The highest BCUT2D eigenvalue weighted by Crippen LogP contribution is 2.30. The van der Waals surface area contributed by atoms with Gasteiger partial charge in [-0.3, -0.25) is 9.36 Å². The zero-order chi connectivity index (χ0) is 18.2. The average Bonchev–Trinajstić information content (AvgIpc) is 3.33. The first kappa shape index (κ1) is 16.2. The maximum atomic E-state index is 12.7. The summed E-state index contributed by atoms with van der Waals surface area (Å²) in [7, 11) is 0. The molecule has 134 valence electrons. The molecule has 1 aliphatic rings. The molecule has 1 N–H and O–H groups in total. The maximum Gasteiger partial charge on any atom is 0.256 e. The van der Waals surface area contributed by atoms with E-state index in [-0.39, 0.29) is 5.91 Å². The van der Waals surface area contributed by atoms with Crippen LogP contribution in [0.15, 0.2) is 54.3 Å². The number of thiophene rings is 1. The van der Waals surface area contributed by atoms with Gasteiger partial charge in [0.1, 0.15) is 12.1 Å². The number of anilines is 1. The minimum atomic E-state index is -0.0444. The monoisotopic (exact) mass is 374 g/mol. The fourth-order valence-electron chi connectivity index (χ4n) is 3.63. The number of benzene rings is 1. The number of hydrogen-bond acceptors (Lipinski definition) is 4. The van der Waals surface area contributed by atoms with Crippen molar-refractivity contribution in [2.24, 2.45) is 0 Å². The number of aromatic nitrogens is 3. The summed E-state index contributed by atoms with van der Waals surface area (Å²) in [5.41, 5.74) is 4.69. The number of rotatable bonds is 3. The molecule has 5 rings (SSSR count). The van der Waals surface area contributed by atoms with Crippen LogP contribution in [-0.4, -0.2) is 20.4 Å². The Balaban J connectivity index is 1.38. The van der Waals surface area contributed by atoms with E-state index in [1.165, 1.54) is 23.3 Å². The van der Waals surface area contributed by atoms with Gasteiger partial charge in [-0.2, -0.15) is 0 Å². The van der Waals surface area contributed by atoms with E-state index in [9.17, 15) is 4.79 Å². The predicted octanol–water partition coefficient (Wildman–Crippen LogP) is 4.61. The van der Waals surface area contributed by atoms with Crippen molar-refractivity contribution >= 4 is 34.0 Å². The van der Waals surface area contributed by atoms with Gasteiger partial charge in [0.25, 0.3) is 5.91 Å². The molecule has 0 saturated heterocycles. The number of hydrogen-bond donors (Lipinski definition) is 1. The lowest BCUT2D eigenvalue weighted by atomic mass is 9.95. The van der Waals surface area contributed by atoms with E-state index in [1.54, 1.807) is 23.9 Å². The lowest BCUT2D eigenvalue weighted by molar-refractivity contribution is 0.102. The first-order valence-electron chi connectivity index (χ1n) is 9.09. The molecule has 0 unspecified atom stereocenters. The first-order valence-corrected chi connectivity index (χ1v) is 9.97. The van der Waals surface area contributed by atoms with Crippen LogP contribution in [0.5, 0.6) is 0 Å². The molecule has 0 bridgehead atoms. The molecule has 0 radical (unpaired) electrons. The topological polar surface area (TPSA) is 59.8 Å². The van der Waals surface area contributed by atoms with Crippen molar-refractivity contribution in [3.63, 3.8) is 0 Å². The Morgan fingerprint density at radius 1 is 1.07 bits per heavy atom. The second-order valence-electron chi connectivity index (χ2n) is 6.72. The summed E-state index contributed by atoms with van der Waals surface area (Å²) in [6.45, 7) is 0. The highest BCUT2D eigenvalue weighted by atomic mass is 32.1. The van der Waals surface area contributed by atoms with Gasteiger partial charge in [0.15, 0.2) is 0 Å². The SMILES string of the molecule is O=C(Nc1ccc(-n2cnc3ccccc32)nc1)c1csc2c1CCCC2. The fourth-order valence-corrected chi connectivity index (χ4v) is 4.75. The van der Waals surface area contributed by atoms with Crippen molar-refractivity contribution in [1.82, 2.24) is 14.5 Å². The third kappa shape index (κ3) is 2.92. The van der Waals surface area contributed by atoms with E-state index < -0.39 is 0 Å². The second-order valence-corrected chi connectivity index (χ2v) is 7.68. The zero-order valence-corrected chi connectivity index (χ0v) is 15.5. The summed E-state index contributed by atoms with van der Waals surface area (Å²) >= 11 is 1.71. The Labute approximate surface area is 160 Å². The van der Waals surface area contributed by atoms with Gasteiger partial charge in [0.05, 0.1) is 28.5 Å². The highest BCUT2D eigenvalue weighted by molar-refractivity contribution is 7.10. The van der Waals surface area contributed by atoms with E-state index in [2.05, 4.69) is 15.3 Å². The molecule has 3 aromatic heterocycles. The molecule has 4 aromatic rings. The maximum absolute atomic E-state index is 12.7. The summed E-state index contributed by atoms with van der Waals surface area (Å²) in [6.07, 6.45) is 7.96. The molecule has 0 atom stereocenters. The van der Waals surface area contributed by atoms with Crippen LogP contribution in [0.3, 0.4) is 0 Å². The van der Waals surface area contributed by atoms with Gasteiger partial charge in [-0.15, -0.1) is 11.3 Å². The zero-order valence-electron chi connectivity index (χ0n) is 14.7. The summed E-state index contributed by atoms with van der Waals surface area (Å²) in [5.74, 6) is 0.728. The summed E-state index contributed by atoms with van der Waals surface area (Å²) in [4.78, 5) is 23.0. The van der Waals surface area contributed by atoms with Gasteiger partial charge in [-0.1, -0.05) is 12.1 Å². The minimum absolute atomic E-state index is 0.0444. The Kier molecular flexibility index (Phi) is 3.98. The van der Waals surface area contributed by atoms with Crippen LogP contribution in [0, 0.1) is 0 Å². The van der Waals surface area contributed by atoms with Crippen LogP contribution in [0.2, 0.25) is 0 Å². The number of imidazole rings is 1. The van der Waals surface area contributed by atoms with Crippen molar-refractivity contribution in [1.29, 1.82) is 0 Å². The van der Waals surface area contributed by atoms with E-state index in [0.29, 0.717) is 5.69 Å². The Bertz CT molecular complexity index is 1130.